The summed E-state index contributed by atoms with van der Waals surface area (Å²) in [4.78, 5) is 11.9. The molecule has 0 bridgehead atoms. The first-order chi connectivity index (χ1) is 11.8. The fraction of sp³-hybridized carbons (Fsp3) is 0.389. The van der Waals surface area contributed by atoms with Crippen molar-refractivity contribution in [3.8, 4) is 5.75 Å². The fourth-order valence-corrected chi connectivity index (χ4v) is 2.07. The second kappa shape index (κ2) is 10.2. The lowest BCUT2D eigenvalue weighted by Crippen LogP contribution is -2.16. The number of hydrogen-bond acceptors (Lipinski definition) is 5. The Morgan fingerprint density at radius 1 is 1.04 bits per heavy atom. The van der Waals surface area contributed by atoms with E-state index >= 15 is 0 Å². The van der Waals surface area contributed by atoms with Gasteiger partial charge < -0.3 is 15.4 Å². The summed E-state index contributed by atoms with van der Waals surface area (Å²) in [5.41, 5.74) is 0. The maximum Gasteiger partial charge on any atom is 0.229 e. The first kappa shape index (κ1) is 17.7. The number of amides is 1. The zero-order valence-corrected chi connectivity index (χ0v) is 14.0. The standard InChI is InChI=1S/C18H24N4O2/c1-2-3-7-13-19-16-10-11-17(22-21-16)20-18(23)12-14-24-15-8-5-4-6-9-15/h4-6,8-11H,2-3,7,12-14H2,1H3,(H,19,21)(H,20,22,23). The lowest BCUT2D eigenvalue weighted by Gasteiger charge is -2.07. The third kappa shape index (κ3) is 6.64. The normalized spacial score (nSPS) is 10.2. The van der Waals surface area contributed by atoms with Gasteiger partial charge in [0.1, 0.15) is 11.6 Å². The average molecular weight is 328 g/mol. The van der Waals surface area contributed by atoms with Crippen LogP contribution in [0.1, 0.15) is 32.6 Å². The highest BCUT2D eigenvalue weighted by atomic mass is 16.5. The van der Waals surface area contributed by atoms with E-state index in [1.807, 2.05) is 36.4 Å². The lowest BCUT2D eigenvalue weighted by atomic mass is 10.2. The molecule has 1 heterocycles. The van der Waals surface area contributed by atoms with Gasteiger partial charge in [0, 0.05) is 6.54 Å². The van der Waals surface area contributed by atoms with Crippen molar-refractivity contribution in [1.29, 1.82) is 0 Å². The van der Waals surface area contributed by atoms with Gasteiger partial charge in [-0.15, -0.1) is 10.2 Å². The Morgan fingerprint density at radius 2 is 1.79 bits per heavy atom. The SMILES string of the molecule is CCCCCNc1ccc(NC(=O)CCOc2ccccc2)nn1. The topological polar surface area (TPSA) is 76.1 Å². The molecule has 0 spiro atoms. The number of anilines is 2. The molecule has 1 amide bonds. The van der Waals surface area contributed by atoms with Crippen molar-refractivity contribution in [2.24, 2.45) is 0 Å². The van der Waals surface area contributed by atoms with Crippen LogP contribution in [0.5, 0.6) is 5.75 Å². The van der Waals surface area contributed by atoms with Crippen molar-refractivity contribution in [2.45, 2.75) is 32.6 Å². The highest BCUT2D eigenvalue weighted by molar-refractivity contribution is 5.89. The molecule has 0 saturated heterocycles. The summed E-state index contributed by atoms with van der Waals surface area (Å²) in [5.74, 6) is 1.77. The molecule has 2 rings (SSSR count). The van der Waals surface area contributed by atoms with Crippen LogP contribution in [0.25, 0.3) is 0 Å². The maximum atomic E-state index is 11.9. The molecule has 24 heavy (non-hydrogen) atoms. The number of rotatable bonds is 10. The number of para-hydroxylation sites is 1. The van der Waals surface area contributed by atoms with E-state index in [-0.39, 0.29) is 12.3 Å². The van der Waals surface area contributed by atoms with E-state index < -0.39 is 0 Å². The summed E-state index contributed by atoms with van der Waals surface area (Å²) in [6.45, 7) is 3.37. The second-order valence-electron chi connectivity index (χ2n) is 5.40. The highest BCUT2D eigenvalue weighted by Crippen LogP contribution is 2.09. The Balaban J connectivity index is 1.67. The average Bonchev–Trinajstić information content (AvgIpc) is 2.61. The number of benzene rings is 1. The van der Waals surface area contributed by atoms with E-state index in [1.54, 1.807) is 6.07 Å². The quantitative estimate of drug-likeness (QED) is 0.653. The van der Waals surface area contributed by atoms with Gasteiger partial charge >= 0.3 is 0 Å². The molecule has 2 N–H and O–H groups in total. The largest absolute Gasteiger partial charge is 0.493 e. The number of carbonyl (C=O) groups is 1. The lowest BCUT2D eigenvalue weighted by molar-refractivity contribution is -0.116. The molecule has 0 saturated carbocycles. The van der Waals surface area contributed by atoms with Crippen molar-refractivity contribution >= 4 is 17.5 Å². The number of hydrogen-bond donors (Lipinski definition) is 2. The molecule has 2 aromatic rings. The first-order valence-electron chi connectivity index (χ1n) is 8.33. The smallest absolute Gasteiger partial charge is 0.229 e. The van der Waals surface area contributed by atoms with Crippen LogP contribution in [0, 0.1) is 0 Å². The van der Waals surface area contributed by atoms with E-state index in [9.17, 15) is 4.79 Å². The molecule has 1 aromatic carbocycles. The summed E-state index contributed by atoms with van der Waals surface area (Å²) < 4.78 is 5.49. The molecular weight excluding hydrogens is 304 g/mol. The molecule has 1 aromatic heterocycles. The molecule has 6 nitrogen and oxygen atoms in total. The van der Waals surface area contributed by atoms with Gasteiger partial charge in [0.05, 0.1) is 13.0 Å². The van der Waals surface area contributed by atoms with E-state index in [1.165, 1.54) is 12.8 Å². The Bertz CT molecular complexity index is 602. The Hall–Kier alpha value is -2.63. The minimum atomic E-state index is -0.149. The molecule has 0 atom stereocenters. The minimum Gasteiger partial charge on any atom is -0.493 e. The number of nitrogens with one attached hydrogen (secondary N) is 2. The van der Waals surface area contributed by atoms with E-state index in [0.717, 1.165) is 24.5 Å². The predicted molar refractivity (Wildman–Crippen MR) is 95.2 cm³/mol. The summed E-state index contributed by atoms with van der Waals surface area (Å²) in [6.07, 6.45) is 3.75. The minimum absolute atomic E-state index is 0.149. The van der Waals surface area contributed by atoms with Crippen molar-refractivity contribution < 1.29 is 9.53 Å². The summed E-state index contributed by atoms with van der Waals surface area (Å²) in [7, 11) is 0. The number of ether oxygens (including phenoxy) is 1. The number of unbranched alkanes of at least 4 members (excludes halogenated alkanes) is 2. The van der Waals surface area contributed by atoms with E-state index in [2.05, 4.69) is 27.8 Å². The first-order valence-corrected chi connectivity index (χ1v) is 8.33. The third-order valence-electron chi connectivity index (χ3n) is 3.36. The molecular formula is C18H24N4O2. The van der Waals surface area contributed by atoms with Crippen molar-refractivity contribution in [2.75, 3.05) is 23.8 Å². The van der Waals surface area contributed by atoms with Crippen molar-refractivity contribution in [1.82, 2.24) is 10.2 Å². The summed E-state index contributed by atoms with van der Waals surface area (Å²) >= 11 is 0. The zero-order chi connectivity index (χ0) is 17.0. The predicted octanol–water partition coefficient (Wildman–Crippen LogP) is 3.49. The van der Waals surface area contributed by atoms with Gasteiger partial charge in [0.25, 0.3) is 0 Å². The van der Waals surface area contributed by atoms with Gasteiger partial charge in [0.2, 0.25) is 5.91 Å². The van der Waals surface area contributed by atoms with Gasteiger partial charge in [-0.3, -0.25) is 4.79 Å². The van der Waals surface area contributed by atoms with Crippen LogP contribution in [0.2, 0.25) is 0 Å². The van der Waals surface area contributed by atoms with Crippen LogP contribution in [-0.4, -0.2) is 29.3 Å². The summed E-state index contributed by atoms with van der Waals surface area (Å²) in [5, 5.41) is 14.0. The summed E-state index contributed by atoms with van der Waals surface area (Å²) in [6, 6.07) is 13.0. The van der Waals surface area contributed by atoms with Crippen LogP contribution < -0.4 is 15.4 Å². The molecule has 0 aliphatic heterocycles. The van der Waals surface area contributed by atoms with Gasteiger partial charge in [0.15, 0.2) is 5.82 Å². The Morgan fingerprint density at radius 3 is 2.50 bits per heavy atom. The molecule has 0 unspecified atom stereocenters. The molecule has 0 radical (unpaired) electrons. The number of carbonyl (C=O) groups excluding carboxylic acids is 1. The second-order valence-corrected chi connectivity index (χ2v) is 5.40. The molecule has 128 valence electrons. The van der Waals surface area contributed by atoms with Crippen LogP contribution in [0.4, 0.5) is 11.6 Å². The molecule has 6 heteroatoms. The highest BCUT2D eigenvalue weighted by Gasteiger charge is 2.05. The van der Waals surface area contributed by atoms with Crippen LogP contribution in [-0.2, 0) is 4.79 Å². The monoisotopic (exact) mass is 328 g/mol. The Kier molecular flexibility index (Phi) is 7.53. The zero-order valence-electron chi connectivity index (χ0n) is 14.0. The van der Waals surface area contributed by atoms with E-state index in [4.69, 9.17) is 4.74 Å². The van der Waals surface area contributed by atoms with Crippen LogP contribution in [0.15, 0.2) is 42.5 Å². The van der Waals surface area contributed by atoms with Crippen LogP contribution in [0.3, 0.4) is 0 Å². The molecule has 0 aliphatic carbocycles. The Labute approximate surface area is 142 Å². The third-order valence-corrected chi connectivity index (χ3v) is 3.36. The van der Waals surface area contributed by atoms with Gasteiger partial charge in [-0.2, -0.15) is 0 Å². The van der Waals surface area contributed by atoms with Gasteiger partial charge in [-0.25, -0.2) is 0 Å². The fourth-order valence-electron chi connectivity index (χ4n) is 2.07. The van der Waals surface area contributed by atoms with Crippen molar-refractivity contribution in [3.05, 3.63) is 42.5 Å². The number of aromatic nitrogens is 2. The number of nitrogens with zero attached hydrogens (tertiary/aromatic N) is 2. The van der Waals surface area contributed by atoms with Gasteiger partial charge in [-0.1, -0.05) is 38.0 Å². The van der Waals surface area contributed by atoms with Crippen LogP contribution >= 0.6 is 0 Å². The van der Waals surface area contributed by atoms with Crippen molar-refractivity contribution in [3.63, 3.8) is 0 Å². The maximum absolute atomic E-state index is 11.9. The molecule has 0 fully saturated rings. The van der Waals surface area contributed by atoms with Gasteiger partial charge in [-0.05, 0) is 30.7 Å². The van der Waals surface area contributed by atoms with E-state index in [0.29, 0.717) is 12.4 Å². The molecule has 0 aliphatic rings.